The number of amides is 1. The van der Waals surface area contributed by atoms with Gasteiger partial charge in [-0.2, -0.15) is 0 Å². The van der Waals surface area contributed by atoms with Crippen molar-refractivity contribution >= 4 is 32.4 Å². The Morgan fingerprint density at radius 1 is 1.21 bits per heavy atom. The van der Waals surface area contributed by atoms with Crippen LogP contribution in [0, 0.1) is 5.82 Å². The van der Waals surface area contributed by atoms with Gasteiger partial charge in [0.15, 0.2) is 4.96 Å². The molecule has 4 heterocycles. The number of rotatable bonds is 8. The number of nitrogens with zero attached hydrogens (tertiary/aromatic N) is 3. The summed E-state index contributed by atoms with van der Waals surface area (Å²) in [5.74, 6) is -0.321. The number of piperidine rings is 1. The molecule has 0 aliphatic carbocycles. The van der Waals surface area contributed by atoms with Crippen molar-refractivity contribution in [3.05, 3.63) is 59.0 Å². The zero-order valence-electron chi connectivity index (χ0n) is 22.3. The minimum absolute atomic E-state index is 0.0677. The lowest BCUT2D eigenvalue weighted by Crippen LogP contribution is -2.36. The van der Waals surface area contributed by atoms with Crippen molar-refractivity contribution in [2.75, 3.05) is 32.7 Å². The molecule has 206 valence electrons. The van der Waals surface area contributed by atoms with Gasteiger partial charge in [-0.15, -0.1) is 0 Å². The Morgan fingerprint density at radius 2 is 2.05 bits per heavy atom. The van der Waals surface area contributed by atoms with E-state index in [0.29, 0.717) is 36.2 Å². The van der Waals surface area contributed by atoms with Crippen molar-refractivity contribution in [2.45, 2.75) is 57.7 Å². The second kappa shape index (κ2) is 11.3. The van der Waals surface area contributed by atoms with Crippen LogP contribution in [0.2, 0.25) is 0 Å². The molecular weight excluding hydrogens is 516 g/mol. The van der Waals surface area contributed by atoms with Gasteiger partial charge in [-0.3, -0.25) is 9.20 Å². The maximum atomic E-state index is 15.1. The van der Waals surface area contributed by atoms with Gasteiger partial charge < -0.3 is 15.5 Å². The van der Waals surface area contributed by atoms with Crippen LogP contribution in [0.5, 0.6) is 0 Å². The number of hydrogen-bond acceptors (Lipinski definition) is 5. The van der Waals surface area contributed by atoms with Crippen LogP contribution >= 0.6 is 11.3 Å². The van der Waals surface area contributed by atoms with E-state index in [-0.39, 0.29) is 17.8 Å². The highest BCUT2D eigenvalue weighted by atomic mass is 32.1. The van der Waals surface area contributed by atoms with Gasteiger partial charge in [-0.25, -0.2) is 13.8 Å². The summed E-state index contributed by atoms with van der Waals surface area (Å²) in [6.07, 6.45) is 6.16. The number of carbonyl (C=O) groups is 1. The fourth-order valence-corrected chi connectivity index (χ4v) is 6.90. The number of aromatic nitrogens is 2. The maximum Gasteiger partial charge on any atom is 0.251 e. The van der Waals surface area contributed by atoms with Gasteiger partial charge >= 0.3 is 0 Å². The molecule has 0 saturated carbocycles. The van der Waals surface area contributed by atoms with E-state index < -0.39 is 6.17 Å². The van der Waals surface area contributed by atoms with E-state index in [0.717, 1.165) is 78.2 Å². The molecule has 39 heavy (non-hydrogen) atoms. The van der Waals surface area contributed by atoms with Crippen LogP contribution in [0.4, 0.5) is 8.78 Å². The van der Waals surface area contributed by atoms with Crippen molar-refractivity contribution in [1.29, 1.82) is 0 Å². The Balaban J connectivity index is 1.18. The number of likely N-dealkylation sites (tertiary alicyclic amines) is 1. The number of fused-ring (bicyclic) bond motifs is 3. The highest BCUT2D eigenvalue weighted by Crippen LogP contribution is 2.34. The van der Waals surface area contributed by atoms with E-state index in [1.54, 1.807) is 6.07 Å². The highest BCUT2D eigenvalue weighted by molar-refractivity contribution is 7.23. The van der Waals surface area contributed by atoms with Gasteiger partial charge in [-0.05, 0) is 87.0 Å². The Kier molecular flexibility index (Phi) is 7.64. The maximum absolute atomic E-state index is 15.1. The number of hydrogen-bond donors (Lipinski definition) is 2. The minimum atomic E-state index is -0.665. The standard InChI is InChI=1S/C30H35F2N5OS/c1-2-19-16-27-28(17-23(19)29(38)34-11-4-12-36-13-8-21(31)9-14-36)39-30-35-26(18-37(27)30)22-7-6-20(15-24(22)32)25-5-3-10-33-25/h6-7,15-18,21,25,33H,2-5,8-14H2,1H3,(H,34,38). The number of aryl methyl sites for hydroxylation is 1. The Hall–Kier alpha value is -2.88. The van der Waals surface area contributed by atoms with Crippen LogP contribution in [-0.2, 0) is 6.42 Å². The van der Waals surface area contributed by atoms with E-state index in [2.05, 4.69) is 21.6 Å². The first-order chi connectivity index (χ1) is 19.0. The molecular formula is C30H35F2N5OS. The SMILES string of the molecule is CCc1cc2c(cc1C(=O)NCCCN1CCC(F)CC1)sc1nc(-c3ccc(C4CCCN4)cc3F)cn12. The molecule has 2 aromatic heterocycles. The molecule has 1 atom stereocenters. The van der Waals surface area contributed by atoms with Crippen LogP contribution in [0.3, 0.4) is 0 Å². The second-order valence-corrected chi connectivity index (χ2v) is 11.7. The first-order valence-electron chi connectivity index (χ1n) is 14.1. The lowest BCUT2D eigenvalue weighted by Gasteiger charge is -2.28. The molecule has 6 rings (SSSR count). The molecule has 0 bridgehead atoms. The van der Waals surface area contributed by atoms with Gasteiger partial charge in [0, 0.05) is 43.0 Å². The smallest absolute Gasteiger partial charge is 0.251 e. The predicted molar refractivity (Wildman–Crippen MR) is 153 cm³/mol. The molecule has 2 saturated heterocycles. The van der Waals surface area contributed by atoms with E-state index in [9.17, 15) is 9.18 Å². The quantitative estimate of drug-likeness (QED) is 0.268. The van der Waals surface area contributed by atoms with E-state index in [4.69, 9.17) is 4.98 Å². The molecule has 9 heteroatoms. The lowest BCUT2D eigenvalue weighted by molar-refractivity contribution is 0.0949. The summed E-state index contributed by atoms with van der Waals surface area (Å²) in [6.45, 7) is 6.08. The minimum Gasteiger partial charge on any atom is -0.352 e. The van der Waals surface area contributed by atoms with Crippen LogP contribution in [0.25, 0.3) is 26.4 Å². The van der Waals surface area contributed by atoms with E-state index in [1.165, 1.54) is 11.3 Å². The van der Waals surface area contributed by atoms with E-state index in [1.807, 2.05) is 35.7 Å². The van der Waals surface area contributed by atoms with Crippen LogP contribution < -0.4 is 10.6 Å². The Bertz CT molecular complexity index is 1480. The molecule has 2 aliphatic rings. The second-order valence-electron chi connectivity index (χ2n) is 10.7. The third-order valence-corrected chi connectivity index (χ3v) is 9.15. The number of benzene rings is 2. The fourth-order valence-electron chi connectivity index (χ4n) is 5.87. The van der Waals surface area contributed by atoms with Gasteiger partial charge in [0.2, 0.25) is 0 Å². The average Bonchev–Trinajstić information content (AvgIpc) is 3.68. The van der Waals surface area contributed by atoms with Crippen molar-refractivity contribution in [3.63, 3.8) is 0 Å². The van der Waals surface area contributed by atoms with Crippen molar-refractivity contribution in [1.82, 2.24) is 24.9 Å². The first kappa shape index (κ1) is 26.3. The number of nitrogens with one attached hydrogen (secondary N) is 2. The van der Waals surface area contributed by atoms with Gasteiger partial charge in [0.25, 0.3) is 5.91 Å². The molecule has 2 aliphatic heterocycles. The molecule has 1 unspecified atom stereocenters. The lowest BCUT2D eigenvalue weighted by atomic mass is 10.0. The normalized spacial score (nSPS) is 18.9. The van der Waals surface area contributed by atoms with Crippen LogP contribution in [-0.4, -0.2) is 59.1 Å². The molecule has 4 aromatic rings. The first-order valence-corrected chi connectivity index (χ1v) is 14.9. The molecule has 2 fully saturated rings. The third-order valence-electron chi connectivity index (χ3n) is 8.13. The van der Waals surface area contributed by atoms with Gasteiger partial charge in [0.05, 0.1) is 15.9 Å². The number of halogens is 2. The predicted octanol–water partition coefficient (Wildman–Crippen LogP) is 5.90. The molecule has 6 nitrogen and oxygen atoms in total. The average molecular weight is 552 g/mol. The summed E-state index contributed by atoms with van der Waals surface area (Å²) in [5.41, 5.74) is 4.74. The third kappa shape index (κ3) is 5.44. The summed E-state index contributed by atoms with van der Waals surface area (Å²) in [5, 5.41) is 6.49. The molecule has 0 spiro atoms. The number of carbonyl (C=O) groups excluding carboxylic acids is 1. The zero-order chi connectivity index (χ0) is 26.9. The van der Waals surface area contributed by atoms with Crippen LogP contribution in [0.15, 0.2) is 36.5 Å². The molecule has 2 aromatic carbocycles. The molecule has 1 amide bonds. The van der Waals surface area contributed by atoms with Crippen molar-refractivity contribution in [2.24, 2.45) is 0 Å². The van der Waals surface area contributed by atoms with Crippen molar-refractivity contribution < 1.29 is 13.6 Å². The highest BCUT2D eigenvalue weighted by Gasteiger charge is 2.21. The zero-order valence-corrected chi connectivity index (χ0v) is 23.1. The Labute approximate surface area is 231 Å². The summed E-state index contributed by atoms with van der Waals surface area (Å²) >= 11 is 1.51. The molecule has 2 N–H and O–H groups in total. The number of alkyl halides is 1. The van der Waals surface area contributed by atoms with Gasteiger partial charge in [-0.1, -0.05) is 24.3 Å². The largest absolute Gasteiger partial charge is 0.352 e. The number of imidazole rings is 1. The summed E-state index contributed by atoms with van der Waals surface area (Å²) in [6, 6.07) is 9.71. The van der Waals surface area contributed by atoms with E-state index >= 15 is 4.39 Å². The molecule has 0 radical (unpaired) electrons. The summed E-state index contributed by atoms with van der Waals surface area (Å²) < 4.78 is 31.4. The van der Waals surface area contributed by atoms with Crippen LogP contribution in [0.1, 0.15) is 66.6 Å². The number of thiazole rings is 1. The van der Waals surface area contributed by atoms with Crippen molar-refractivity contribution in [3.8, 4) is 11.3 Å². The Morgan fingerprint density at radius 3 is 2.79 bits per heavy atom. The topological polar surface area (TPSA) is 61.7 Å². The monoisotopic (exact) mass is 551 g/mol. The van der Waals surface area contributed by atoms with Gasteiger partial charge in [0.1, 0.15) is 12.0 Å². The summed E-state index contributed by atoms with van der Waals surface area (Å²) in [7, 11) is 0. The fraction of sp³-hybridized carbons (Fsp3) is 0.467. The summed E-state index contributed by atoms with van der Waals surface area (Å²) in [4.78, 5) is 20.9.